The SMILES string of the molecule is CCN(CC)CCCC(C)NC(=NC)NCCc1ccccc1. The number of hydrogen-bond acceptors (Lipinski definition) is 2. The first-order chi connectivity index (χ1) is 11.2. The average molecular weight is 319 g/mol. The van der Waals surface area contributed by atoms with E-state index in [4.69, 9.17) is 0 Å². The van der Waals surface area contributed by atoms with Crippen molar-refractivity contribution in [2.24, 2.45) is 4.99 Å². The van der Waals surface area contributed by atoms with Crippen molar-refractivity contribution < 1.29 is 0 Å². The Labute approximate surface area is 142 Å². The highest BCUT2D eigenvalue weighted by Crippen LogP contribution is 2.00. The monoisotopic (exact) mass is 318 g/mol. The number of aliphatic imine (C=N–C) groups is 1. The van der Waals surface area contributed by atoms with Gasteiger partial charge in [-0.2, -0.15) is 0 Å². The highest BCUT2D eigenvalue weighted by molar-refractivity contribution is 5.79. The molecule has 0 aromatic heterocycles. The normalized spacial score (nSPS) is 13.2. The van der Waals surface area contributed by atoms with Crippen molar-refractivity contribution in [2.45, 2.75) is 46.1 Å². The van der Waals surface area contributed by atoms with Crippen LogP contribution in [-0.2, 0) is 6.42 Å². The van der Waals surface area contributed by atoms with Gasteiger partial charge in [0.15, 0.2) is 5.96 Å². The van der Waals surface area contributed by atoms with Crippen LogP contribution in [0.4, 0.5) is 0 Å². The van der Waals surface area contributed by atoms with Gasteiger partial charge in [0.2, 0.25) is 0 Å². The molecule has 0 radical (unpaired) electrons. The van der Waals surface area contributed by atoms with Gasteiger partial charge in [-0.15, -0.1) is 0 Å². The summed E-state index contributed by atoms with van der Waals surface area (Å²) in [7, 11) is 1.83. The van der Waals surface area contributed by atoms with Crippen LogP contribution < -0.4 is 10.6 Å². The van der Waals surface area contributed by atoms with Gasteiger partial charge in [0.05, 0.1) is 0 Å². The van der Waals surface area contributed by atoms with Crippen molar-refractivity contribution in [1.82, 2.24) is 15.5 Å². The Hall–Kier alpha value is -1.55. The van der Waals surface area contributed by atoms with Crippen molar-refractivity contribution in [1.29, 1.82) is 0 Å². The summed E-state index contributed by atoms with van der Waals surface area (Å²) in [5.41, 5.74) is 1.35. The fraction of sp³-hybridized carbons (Fsp3) is 0.632. The van der Waals surface area contributed by atoms with Gasteiger partial charge in [0.1, 0.15) is 0 Å². The van der Waals surface area contributed by atoms with Crippen molar-refractivity contribution in [2.75, 3.05) is 33.2 Å². The number of guanidine groups is 1. The topological polar surface area (TPSA) is 39.7 Å². The number of hydrogen-bond donors (Lipinski definition) is 2. The lowest BCUT2D eigenvalue weighted by molar-refractivity contribution is 0.292. The van der Waals surface area contributed by atoms with E-state index in [9.17, 15) is 0 Å². The number of rotatable bonds is 10. The Bertz CT molecular complexity index is 426. The van der Waals surface area contributed by atoms with E-state index in [2.05, 4.69) is 71.6 Å². The molecule has 4 heteroatoms. The first-order valence-electron chi connectivity index (χ1n) is 8.93. The van der Waals surface area contributed by atoms with E-state index in [1.165, 1.54) is 18.5 Å². The van der Waals surface area contributed by atoms with Crippen LogP contribution in [-0.4, -0.2) is 50.1 Å². The third-order valence-electron chi connectivity index (χ3n) is 4.16. The minimum atomic E-state index is 0.438. The molecule has 23 heavy (non-hydrogen) atoms. The van der Waals surface area contributed by atoms with Crippen molar-refractivity contribution in [3.05, 3.63) is 35.9 Å². The van der Waals surface area contributed by atoms with Gasteiger partial charge in [-0.25, -0.2) is 0 Å². The second-order valence-corrected chi connectivity index (χ2v) is 5.95. The van der Waals surface area contributed by atoms with Crippen LogP contribution in [0.1, 0.15) is 39.2 Å². The molecule has 130 valence electrons. The summed E-state index contributed by atoms with van der Waals surface area (Å²) in [6.45, 7) is 11.0. The first kappa shape index (κ1) is 19.5. The molecule has 0 bridgehead atoms. The van der Waals surface area contributed by atoms with Gasteiger partial charge in [-0.3, -0.25) is 4.99 Å². The van der Waals surface area contributed by atoms with E-state index in [1.807, 2.05) is 7.05 Å². The van der Waals surface area contributed by atoms with Crippen LogP contribution in [0.15, 0.2) is 35.3 Å². The fourth-order valence-electron chi connectivity index (χ4n) is 2.63. The Morgan fingerprint density at radius 3 is 2.48 bits per heavy atom. The second kappa shape index (κ2) is 11.9. The molecule has 0 aliphatic heterocycles. The van der Waals surface area contributed by atoms with Gasteiger partial charge < -0.3 is 15.5 Å². The van der Waals surface area contributed by atoms with E-state index in [0.717, 1.165) is 38.4 Å². The van der Waals surface area contributed by atoms with Gasteiger partial charge >= 0.3 is 0 Å². The lowest BCUT2D eigenvalue weighted by atomic mass is 10.1. The van der Waals surface area contributed by atoms with Gasteiger partial charge in [-0.1, -0.05) is 44.2 Å². The Morgan fingerprint density at radius 2 is 1.87 bits per heavy atom. The van der Waals surface area contributed by atoms with Crippen molar-refractivity contribution in [3.63, 3.8) is 0 Å². The summed E-state index contributed by atoms with van der Waals surface area (Å²) in [5, 5.41) is 6.88. The Balaban J connectivity index is 2.22. The van der Waals surface area contributed by atoms with Crippen molar-refractivity contribution in [3.8, 4) is 0 Å². The predicted molar refractivity (Wildman–Crippen MR) is 101 cm³/mol. The standard InChI is InChI=1S/C19H34N4/c1-5-23(6-2)16-10-11-17(3)22-19(20-4)21-15-14-18-12-8-7-9-13-18/h7-9,12-13,17H,5-6,10-11,14-16H2,1-4H3,(H2,20,21,22). The molecule has 1 atom stereocenters. The summed E-state index contributed by atoms with van der Waals surface area (Å²) in [6.07, 6.45) is 3.39. The maximum absolute atomic E-state index is 4.32. The zero-order valence-corrected chi connectivity index (χ0v) is 15.3. The van der Waals surface area contributed by atoms with Crippen LogP contribution in [0, 0.1) is 0 Å². The molecule has 4 nitrogen and oxygen atoms in total. The summed E-state index contributed by atoms with van der Waals surface area (Å²) < 4.78 is 0. The second-order valence-electron chi connectivity index (χ2n) is 5.95. The van der Waals surface area contributed by atoms with Gasteiger partial charge in [-0.05, 0) is 51.4 Å². The molecule has 1 aromatic carbocycles. The molecule has 0 fully saturated rings. The molecule has 0 heterocycles. The third-order valence-corrected chi connectivity index (χ3v) is 4.16. The molecular weight excluding hydrogens is 284 g/mol. The largest absolute Gasteiger partial charge is 0.356 e. The summed E-state index contributed by atoms with van der Waals surface area (Å²) >= 11 is 0. The van der Waals surface area contributed by atoms with E-state index >= 15 is 0 Å². The average Bonchev–Trinajstić information content (AvgIpc) is 2.58. The predicted octanol–water partition coefficient (Wildman–Crippen LogP) is 2.90. The van der Waals surface area contributed by atoms with Crippen LogP contribution in [0.5, 0.6) is 0 Å². The van der Waals surface area contributed by atoms with Crippen molar-refractivity contribution >= 4 is 5.96 Å². The van der Waals surface area contributed by atoms with Crippen LogP contribution in [0.2, 0.25) is 0 Å². The maximum atomic E-state index is 4.32. The maximum Gasteiger partial charge on any atom is 0.191 e. The summed E-state index contributed by atoms with van der Waals surface area (Å²) in [4.78, 5) is 6.79. The summed E-state index contributed by atoms with van der Waals surface area (Å²) in [5.74, 6) is 0.899. The molecule has 0 saturated carbocycles. The molecule has 0 spiro atoms. The third kappa shape index (κ3) is 8.60. The Morgan fingerprint density at radius 1 is 1.17 bits per heavy atom. The molecule has 1 unspecified atom stereocenters. The molecule has 0 aliphatic rings. The van der Waals surface area contributed by atoms with Crippen LogP contribution in [0.3, 0.4) is 0 Å². The summed E-state index contributed by atoms with van der Waals surface area (Å²) in [6, 6.07) is 11.0. The van der Waals surface area contributed by atoms with Gasteiger partial charge in [0.25, 0.3) is 0 Å². The minimum Gasteiger partial charge on any atom is -0.356 e. The fourth-order valence-corrected chi connectivity index (χ4v) is 2.63. The van der Waals surface area contributed by atoms with Crippen LogP contribution in [0.25, 0.3) is 0 Å². The molecule has 0 saturated heterocycles. The molecule has 0 amide bonds. The van der Waals surface area contributed by atoms with E-state index in [0.29, 0.717) is 6.04 Å². The highest BCUT2D eigenvalue weighted by atomic mass is 15.2. The minimum absolute atomic E-state index is 0.438. The zero-order valence-electron chi connectivity index (χ0n) is 15.3. The molecule has 1 rings (SSSR count). The molecule has 0 aliphatic carbocycles. The smallest absolute Gasteiger partial charge is 0.191 e. The number of nitrogens with one attached hydrogen (secondary N) is 2. The number of nitrogens with zero attached hydrogens (tertiary/aromatic N) is 2. The van der Waals surface area contributed by atoms with Crippen LogP contribution >= 0.6 is 0 Å². The zero-order chi connectivity index (χ0) is 16.9. The molecule has 2 N–H and O–H groups in total. The van der Waals surface area contributed by atoms with E-state index < -0.39 is 0 Å². The van der Waals surface area contributed by atoms with Gasteiger partial charge in [0, 0.05) is 19.6 Å². The first-order valence-corrected chi connectivity index (χ1v) is 8.93. The van der Waals surface area contributed by atoms with E-state index in [-0.39, 0.29) is 0 Å². The quantitative estimate of drug-likeness (QED) is 0.515. The lowest BCUT2D eigenvalue weighted by Crippen LogP contribution is -2.43. The van der Waals surface area contributed by atoms with E-state index in [1.54, 1.807) is 0 Å². The molecule has 1 aromatic rings. The lowest BCUT2D eigenvalue weighted by Gasteiger charge is -2.21. The Kier molecular flexibility index (Phi) is 10.1. The number of benzene rings is 1. The molecular formula is C19H34N4. The highest BCUT2D eigenvalue weighted by Gasteiger charge is 2.06.